The second kappa shape index (κ2) is 9.15. The molecule has 0 bridgehead atoms. The average Bonchev–Trinajstić information content (AvgIpc) is 3.13. The summed E-state index contributed by atoms with van der Waals surface area (Å²) in [5.74, 6) is 0.169. The molecule has 0 saturated carbocycles. The van der Waals surface area contributed by atoms with Crippen LogP contribution in [-0.2, 0) is 20.9 Å². The maximum absolute atomic E-state index is 12.8. The van der Waals surface area contributed by atoms with Gasteiger partial charge in [0.25, 0.3) is 5.91 Å². The lowest BCUT2D eigenvalue weighted by molar-refractivity contribution is -0.144. The van der Waals surface area contributed by atoms with Gasteiger partial charge in [0.2, 0.25) is 0 Å². The molecule has 0 spiro atoms. The first kappa shape index (κ1) is 22.1. The van der Waals surface area contributed by atoms with Gasteiger partial charge in [0.05, 0.1) is 13.2 Å². The molecule has 2 saturated heterocycles. The number of nitrogens with zero attached hydrogens (tertiary/aromatic N) is 5. The topological polar surface area (TPSA) is 97.8 Å². The summed E-state index contributed by atoms with van der Waals surface area (Å²) in [7, 11) is 1.66. The van der Waals surface area contributed by atoms with Gasteiger partial charge in [0, 0.05) is 39.8 Å². The average molecular weight is 443 g/mol. The lowest BCUT2D eigenvalue weighted by atomic mass is 10.1. The van der Waals surface area contributed by atoms with Crippen molar-refractivity contribution < 1.29 is 19.1 Å². The third-order valence-corrected chi connectivity index (χ3v) is 6.09. The van der Waals surface area contributed by atoms with Crippen molar-refractivity contribution in [2.75, 3.05) is 46.4 Å². The quantitative estimate of drug-likeness (QED) is 0.652. The zero-order valence-electron chi connectivity index (χ0n) is 18.8. The van der Waals surface area contributed by atoms with E-state index in [-0.39, 0.29) is 18.4 Å². The number of amides is 3. The highest BCUT2D eigenvalue weighted by atomic mass is 16.5. The Morgan fingerprint density at radius 2 is 1.97 bits per heavy atom. The van der Waals surface area contributed by atoms with E-state index >= 15 is 0 Å². The molecule has 3 amide bonds. The number of fused-ring (bicyclic) bond motifs is 1. The Morgan fingerprint density at radius 3 is 2.66 bits per heavy atom. The standard InChI is InChI=1S/C22H30N6O4/c1-4-32-17(29)14-26-8-10-27(11-9-26)21-23-19-18(20(30)24-22(31)25(19)3)28(21)13-16-7-5-6-15(2)12-16/h5-7,12,18-19H,4,8-11,13-14H2,1-3H3,(H,24,30,31). The van der Waals surface area contributed by atoms with Crippen LogP contribution in [0.25, 0.3) is 0 Å². The van der Waals surface area contributed by atoms with E-state index in [1.807, 2.05) is 30.0 Å². The predicted octanol–water partition coefficient (Wildman–Crippen LogP) is 0.224. The summed E-state index contributed by atoms with van der Waals surface area (Å²) >= 11 is 0. The molecule has 1 N–H and O–H groups in total. The molecule has 2 unspecified atom stereocenters. The number of piperazine rings is 1. The normalized spacial score (nSPS) is 23.7. The van der Waals surface area contributed by atoms with Crippen LogP contribution in [0.15, 0.2) is 29.3 Å². The summed E-state index contributed by atoms with van der Waals surface area (Å²) in [6.07, 6.45) is -0.561. The van der Waals surface area contributed by atoms with Gasteiger partial charge in [-0.1, -0.05) is 29.8 Å². The second-order valence-electron chi connectivity index (χ2n) is 8.38. The molecule has 3 aliphatic heterocycles. The van der Waals surface area contributed by atoms with E-state index in [1.54, 1.807) is 14.0 Å². The molecule has 0 aromatic heterocycles. The highest BCUT2D eigenvalue weighted by Crippen LogP contribution is 2.28. The molecule has 2 atom stereocenters. The Labute approximate surface area is 187 Å². The molecule has 10 heteroatoms. The zero-order valence-corrected chi connectivity index (χ0v) is 18.8. The third-order valence-electron chi connectivity index (χ3n) is 6.09. The molecule has 0 aliphatic carbocycles. The molecule has 32 heavy (non-hydrogen) atoms. The van der Waals surface area contributed by atoms with E-state index in [0.717, 1.165) is 11.1 Å². The number of hydrogen-bond donors (Lipinski definition) is 1. The van der Waals surface area contributed by atoms with Crippen molar-refractivity contribution in [3.05, 3.63) is 35.4 Å². The fourth-order valence-corrected chi connectivity index (χ4v) is 4.45. The van der Waals surface area contributed by atoms with E-state index in [9.17, 15) is 14.4 Å². The SMILES string of the molecule is CCOC(=O)CN1CCN(C2=NC3C(C(=O)NC(=O)N3C)N2Cc2cccc(C)c2)CC1. The number of aryl methyl sites for hydroxylation is 1. The van der Waals surface area contributed by atoms with Crippen molar-refractivity contribution in [2.45, 2.75) is 32.6 Å². The Hall–Kier alpha value is -3.14. The van der Waals surface area contributed by atoms with Gasteiger partial charge >= 0.3 is 12.0 Å². The number of carbonyl (C=O) groups is 3. The van der Waals surface area contributed by atoms with Gasteiger partial charge in [-0.15, -0.1) is 0 Å². The van der Waals surface area contributed by atoms with E-state index in [2.05, 4.69) is 21.2 Å². The smallest absolute Gasteiger partial charge is 0.325 e. The number of nitrogens with one attached hydrogen (secondary N) is 1. The van der Waals surface area contributed by atoms with Crippen LogP contribution in [0.3, 0.4) is 0 Å². The molecular weight excluding hydrogens is 412 g/mol. The van der Waals surface area contributed by atoms with E-state index in [4.69, 9.17) is 9.73 Å². The maximum atomic E-state index is 12.8. The maximum Gasteiger partial charge on any atom is 0.325 e. The predicted molar refractivity (Wildman–Crippen MR) is 118 cm³/mol. The van der Waals surface area contributed by atoms with Gasteiger partial charge in [-0.2, -0.15) is 0 Å². The van der Waals surface area contributed by atoms with E-state index < -0.39 is 18.2 Å². The van der Waals surface area contributed by atoms with Gasteiger partial charge in [0.1, 0.15) is 0 Å². The van der Waals surface area contributed by atoms with Gasteiger partial charge < -0.3 is 19.4 Å². The highest BCUT2D eigenvalue weighted by Gasteiger charge is 2.49. The minimum Gasteiger partial charge on any atom is -0.465 e. The van der Waals surface area contributed by atoms with Crippen molar-refractivity contribution >= 4 is 23.9 Å². The molecular formula is C22H30N6O4. The van der Waals surface area contributed by atoms with Crippen LogP contribution in [0.5, 0.6) is 0 Å². The number of imide groups is 1. The summed E-state index contributed by atoms with van der Waals surface area (Å²) in [4.78, 5) is 49.3. The van der Waals surface area contributed by atoms with Crippen LogP contribution in [0.4, 0.5) is 4.79 Å². The minimum atomic E-state index is -0.578. The Balaban J connectivity index is 1.53. The van der Waals surface area contributed by atoms with Crippen molar-refractivity contribution in [3.63, 3.8) is 0 Å². The number of urea groups is 1. The monoisotopic (exact) mass is 442 g/mol. The van der Waals surface area contributed by atoms with Crippen molar-refractivity contribution in [3.8, 4) is 0 Å². The number of guanidine groups is 1. The molecule has 1 aromatic carbocycles. The van der Waals surface area contributed by atoms with Crippen molar-refractivity contribution in [2.24, 2.45) is 4.99 Å². The Morgan fingerprint density at radius 1 is 1.22 bits per heavy atom. The first-order valence-electron chi connectivity index (χ1n) is 11.0. The molecule has 3 aliphatic rings. The van der Waals surface area contributed by atoms with E-state index in [1.165, 1.54) is 4.90 Å². The summed E-state index contributed by atoms with van der Waals surface area (Å²) in [5.41, 5.74) is 2.22. The second-order valence-corrected chi connectivity index (χ2v) is 8.38. The largest absolute Gasteiger partial charge is 0.465 e. The molecule has 2 fully saturated rings. The van der Waals surface area contributed by atoms with Crippen molar-refractivity contribution in [1.29, 1.82) is 0 Å². The lowest BCUT2D eigenvalue weighted by Gasteiger charge is -2.40. The number of ether oxygens (including phenoxy) is 1. The number of carbonyl (C=O) groups excluding carboxylic acids is 3. The Bertz CT molecular complexity index is 927. The van der Waals surface area contributed by atoms with Gasteiger partial charge in [-0.3, -0.25) is 19.8 Å². The molecule has 1 aromatic rings. The zero-order chi connectivity index (χ0) is 22.8. The third kappa shape index (κ3) is 4.40. The van der Waals surface area contributed by atoms with Crippen molar-refractivity contribution in [1.82, 2.24) is 24.9 Å². The molecule has 172 valence electrons. The van der Waals surface area contributed by atoms with Crippen LogP contribution in [-0.4, -0.2) is 102 Å². The van der Waals surface area contributed by atoms with Gasteiger partial charge in [0.15, 0.2) is 18.2 Å². The van der Waals surface area contributed by atoms with Crippen LogP contribution >= 0.6 is 0 Å². The minimum absolute atomic E-state index is 0.219. The fourth-order valence-electron chi connectivity index (χ4n) is 4.45. The van der Waals surface area contributed by atoms with Crippen LogP contribution in [0, 0.1) is 6.92 Å². The van der Waals surface area contributed by atoms with Crippen LogP contribution in [0.2, 0.25) is 0 Å². The Kier molecular flexibility index (Phi) is 6.31. The highest BCUT2D eigenvalue weighted by molar-refractivity contribution is 6.03. The summed E-state index contributed by atoms with van der Waals surface area (Å²) < 4.78 is 5.05. The van der Waals surface area contributed by atoms with Gasteiger partial charge in [-0.25, -0.2) is 9.79 Å². The summed E-state index contributed by atoms with van der Waals surface area (Å²) in [5, 5.41) is 2.45. The van der Waals surface area contributed by atoms with Gasteiger partial charge in [-0.05, 0) is 19.4 Å². The first-order chi connectivity index (χ1) is 15.4. The number of aliphatic imine (C=N–C) groups is 1. The first-order valence-corrected chi connectivity index (χ1v) is 11.0. The molecule has 3 heterocycles. The lowest BCUT2D eigenvalue weighted by Crippen LogP contribution is -2.64. The number of likely N-dealkylation sites (N-methyl/N-ethyl adjacent to an activating group) is 1. The van der Waals surface area contributed by atoms with Crippen LogP contribution < -0.4 is 5.32 Å². The summed E-state index contributed by atoms with van der Waals surface area (Å²) in [6.45, 7) is 7.70. The number of benzene rings is 1. The number of esters is 1. The number of rotatable bonds is 5. The number of hydrogen-bond acceptors (Lipinski definition) is 8. The fraction of sp³-hybridized carbons (Fsp3) is 0.545. The molecule has 10 nitrogen and oxygen atoms in total. The van der Waals surface area contributed by atoms with E-state index in [0.29, 0.717) is 45.3 Å². The summed E-state index contributed by atoms with van der Waals surface area (Å²) in [6, 6.07) is 7.15. The molecule has 0 radical (unpaired) electrons. The van der Waals surface area contributed by atoms with Crippen LogP contribution in [0.1, 0.15) is 18.1 Å². The molecule has 4 rings (SSSR count).